The van der Waals surface area contributed by atoms with Crippen LogP contribution in [-0.4, -0.2) is 29.6 Å². The number of carbonyl (C=O) groups excluding carboxylic acids is 1. The Morgan fingerprint density at radius 3 is 2.64 bits per heavy atom. The highest BCUT2D eigenvalue weighted by Crippen LogP contribution is 2.13. The molecule has 0 radical (unpaired) electrons. The number of esters is 1. The van der Waals surface area contributed by atoms with Gasteiger partial charge in [-0.2, -0.15) is 11.8 Å². The van der Waals surface area contributed by atoms with E-state index in [0.29, 0.717) is 13.0 Å². The van der Waals surface area contributed by atoms with Gasteiger partial charge in [-0.3, -0.25) is 4.79 Å². The number of rotatable bonds is 7. The van der Waals surface area contributed by atoms with Crippen molar-refractivity contribution in [1.82, 2.24) is 0 Å². The van der Waals surface area contributed by atoms with Gasteiger partial charge in [-0.25, -0.2) is 0 Å². The zero-order valence-corrected chi connectivity index (χ0v) is 10.2. The molecule has 0 aromatic heterocycles. The fourth-order valence-electron chi connectivity index (χ4n) is 1.08. The summed E-state index contributed by atoms with van der Waals surface area (Å²) in [5.74, 6) is 1.88. The zero-order chi connectivity index (χ0) is 11.0. The maximum atomic E-state index is 11.4. The molecule has 0 fully saturated rings. The highest BCUT2D eigenvalue weighted by Gasteiger charge is 2.28. The second kappa shape index (κ2) is 7.12. The first-order valence-electron chi connectivity index (χ1n) is 5.08. The van der Waals surface area contributed by atoms with E-state index in [2.05, 4.69) is 6.92 Å². The molecule has 1 unspecified atom stereocenters. The van der Waals surface area contributed by atoms with Crippen molar-refractivity contribution in [2.45, 2.75) is 39.2 Å². The topological polar surface area (TPSA) is 52.3 Å². The van der Waals surface area contributed by atoms with Crippen molar-refractivity contribution in [1.29, 1.82) is 0 Å². The summed E-state index contributed by atoms with van der Waals surface area (Å²) in [6.07, 6.45) is 1.66. The lowest BCUT2D eigenvalue weighted by Crippen LogP contribution is -2.46. The van der Waals surface area contributed by atoms with Crippen LogP contribution in [0.3, 0.4) is 0 Å². The van der Waals surface area contributed by atoms with Crippen LogP contribution in [-0.2, 0) is 9.53 Å². The first kappa shape index (κ1) is 13.8. The molecule has 0 spiro atoms. The fourth-order valence-corrected chi connectivity index (χ4v) is 1.72. The van der Waals surface area contributed by atoms with Crippen LogP contribution in [0.1, 0.15) is 33.6 Å². The minimum Gasteiger partial charge on any atom is -0.465 e. The number of hydrogen-bond acceptors (Lipinski definition) is 4. The molecular formula is C10H21NO2S. The summed E-state index contributed by atoms with van der Waals surface area (Å²) in [6, 6.07) is 0. The van der Waals surface area contributed by atoms with Crippen LogP contribution in [0.15, 0.2) is 0 Å². The van der Waals surface area contributed by atoms with Crippen molar-refractivity contribution in [2.24, 2.45) is 5.73 Å². The second-order valence-electron chi connectivity index (χ2n) is 3.44. The molecule has 2 N–H and O–H groups in total. The van der Waals surface area contributed by atoms with E-state index in [1.807, 2.05) is 11.8 Å². The summed E-state index contributed by atoms with van der Waals surface area (Å²) in [5.41, 5.74) is 5.03. The Kier molecular flexibility index (Phi) is 7.01. The first-order valence-corrected chi connectivity index (χ1v) is 6.24. The normalized spacial score (nSPS) is 14.9. The van der Waals surface area contributed by atoms with Crippen LogP contribution in [0.5, 0.6) is 0 Å². The van der Waals surface area contributed by atoms with Crippen LogP contribution < -0.4 is 5.73 Å². The predicted octanol–water partition coefficient (Wildman–Crippen LogP) is 1.80. The molecular weight excluding hydrogens is 198 g/mol. The van der Waals surface area contributed by atoms with Crippen molar-refractivity contribution in [2.75, 3.05) is 18.1 Å². The predicted molar refractivity (Wildman–Crippen MR) is 61.5 cm³/mol. The standard InChI is InChI=1S/C10H21NO2S/c1-4-13-9(12)10(3,11)7-6-8-14-5-2/h4-8,11H2,1-3H3. The van der Waals surface area contributed by atoms with Gasteiger partial charge in [0.2, 0.25) is 0 Å². The lowest BCUT2D eigenvalue weighted by Gasteiger charge is -2.21. The summed E-state index contributed by atoms with van der Waals surface area (Å²) >= 11 is 1.87. The van der Waals surface area contributed by atoms with Crippen molar-refractivity contribution in [3.63, 3.8) is 0 Å². The number of nitrogens with two attached hydrogens (primary N) is 1. The molecule has 0 aromatic rings. The van der Waals surface area contributed by atoms with Crippen LogP contribution >= 0.6 is 11.8 Å². The maximum Gasteiger partial charge on any atom is 0.325 e. The molecule has 0 aliphatic rings. The molecule has 0 heterocycles. The smallest absolute Gasteiger partial charge is 0.325 e. The fraction of sp³-hybridized carbons (Fsp3) is 0.900. The Morgan fingerprint density at radius 2 is 2.14 bits per heavy atom. The third-order valence-electron chi connectivity index (χ3n) is 1.93. The van der Waals surface area contributed by atoms with Gasteiger partial charge in [-0.1, -0.05) is 6.92 Å². The Labute approximate surface area is 90.8 Å². The van der Waals surface area contributed by atoms with E-state index >= 15 is 0 Å². The SMILES string of the molecule is CCOC(=O)C(C)(N)CCCSCC. The quantitative estimate of drug-likeness (QED) is 0.524. The number of ether oxygens (including phenoxy) is 1. The van der Waals surface area contributed by atoms with Crippen LogP contribution in [0.25, 0.3) is 0 Å². The van der Waals surface area contributed by atoms with E-state index in [9.17, 15) is 4.79 Å². The number of carbonyl (C=O) groups is 1. The number of thioether (sulfide) groups is 1. The summed E-state index contributed by atoms with van der Waals surface area (Å²) in [7, 11) is 0. The van der Waals surface area contributed by atoms with E-state index in [4.69, 9.17) is 10.5 Å². The van der Waals surface area contributed by atoms with Gasteiger partial charge in [0, 0.05) is 0 Å². The molecule has 0 bridgehead atoms. The highest BCUT2D eigenvalue weighted by atomic mass is 32.2. The van der Waals surface area contributed by atoms with Gasteiger partial charge in [0.25, 0.3) is 0 Å². The average Bonchev–Trinajstić information content (AvgIpc) is 2.13. The summed E-state index contributed by atoms with van der Waals surface area (Å²) in [6.45, 7) is 6.05. The van der Waals surface area contributed by atoms with Crippen molar-refractivity contribution in [3.05, 3.63) is 0 Å². The first-order chi connectivity index (χ1) is 6.54. The van der Waals surface area contributed by atoms with Gasteiger partial charge in [-0.05, 0) is 38.2 Å². The molecule has 84 valence electrons. The summed E-state index contributed by atoms with van der Waals surface area (Å²) < 4.78 is 4.89. The summed E-state index contributed by atoms with van der Waals surface area (Å²) in [5, 5.41) is 0. The minimum atomic E-state index is -0.815. The lowest BCUT2D eigenvalue weighted by molar-refractivity contribution is -0.149. The van der Waals surface area contributed by atoms with E-state index in [1.54, 1.807) is 13.8 Å². The van der Waals surface area contributed by atoms with Gasteiger partial charge in [0.05, 0.1) is 6.61 Å². The minimum absolute atomic E-state index is 0.290. The Balaban J connectivity index is 3.76. The van der Waals surface area contributed by atoms with E-state index < -0.39 is 5.54 Å². The molecule has 0 aliphatic heterocycles. The van der Waals surface area contributed by atoms with Crippen molar-refractivity contribution < 1.29 is 9.53 Å². The molecule has 4 heteroatoms. The molecule has 1 atom stereocenters. The Bertz CT molecular complexity index is 172. The maximum absolute atomic E-state index is 11.4. The zero-order valence-electron chi connectivity index (χ0n) is 9.34. The van der Waals surface area contributed by atoms with Crippen LogP contribution in [0.4, 0.5) is 0 Å². The van der Waals surface area contributed by atoms with Gasteiger partial charge >= 0.3 is 5.97 Å². The van der Waals surface area contributed by atoms with Gasteiger partial charge in [0.1, 0.15) is 5.54 Å². The summed E-state index contributed by atoms with van der Waals surface area (Å²) in [4.78, 5) is 11.4. The molecule has 0 aromatic carbocycles. The van der Waals surface area contributed by atoms with Gasteiger partial charge in [0.15, 0.2) is 0 Å². The van der Waals surface area contributed by atoms with E-state index in [0.717, 1.165) is 17.9 Å². The largest absolute Gasteiger partial charge is 0.465 e. The van der Waals surface area contributed by atoms with E-state index in [1.165, 1.54) is 0 Å². The van der Waals surface area contributed by atoms with E-state index in [-0.39, 0.29) is 5.97 Å². The number of hydrogen-bond donors (Lipinski definition) is 1. The second-order valence-corrected chi connectivity index (χ2v) is 4.83. The molecule has 3 nitrogen and oxygen atoms in total. The van der Waals surface area contributed by atoms with Crippen molar-refractivity contribution >= 4 is 17.7 Å². The molecule has 14 heavy (non-hydrogen) atoms. The monoisotopic (exact) mass is 219 g/mol. The van der Waals surface area contributed by atoms with Crippen LogP contribution in [0.2, 0.25) is 0 Å². The third-order valence-corrected chi connectivity index (χ3v) is 2.92. The van der Waals surface area contributed by atoms with Gasteiger partial charge < -0.3 is 10.5 Å². The Hall–Kier alpha value is -0.220. The highest BCUT2D eigenvalue weighted by molar-refractivity contribution is 7.99. The molecule has 0 rings (SSSR count). The molecule has 0 saturated carbocycles. The third kappa shape index (κ3) is 5.50. The Morgan fingerprint density at radius 1 is 1.50 bits per heavy atom. The average molecular weight is 219 g/mol. The van der Waals surface area contributed by atoms with Crippen LogP contribution in [0, 0.1) is 0 Å². The molecule has 0 aliphatic carbocycles. The lowest BCUT2D eigenvalue weighted by atomic mass is 9.98. The van der Waals surface area contributed by atoms with Gasteiger partial charge in [-0.15, -0.1) is 0 Å². The molecule has 0 amide bonds. The van der Waals surface area contributed by atoms with Crippen molar-refractivity contribution in [3.8, 4) is 0 Å². The molecule has 0 saturated heterocycles.